The molecule has 1 N–H and O–H groups in total. The first-order chi connectivity index (χ1) is 16.1. The average molecular weight is 500 g/mol. The molecule has 4 aromatic rings. The van der Waals surface area contributed by atoms with Gasteiger partial charge in [0.25, 0.3) is 10.1 Å². The van der Waals surface area contributed by atoms with E-state index >= 15 is 0 Å². The molecule has 0 aliphatic rings. The van der Waals surface area contributed by atoms with Gasteiger partial charge in [-0.25, -0.2) is 8.42 Å². The van der Waals surface area contributed by atoms with E-state index in [0.29, 0.717) is 22.2 Å². The van der Waals surface area contributed by atoms with Crippen molar-refractivity contribution in [2.24, 2.45) is 0 Å². The number of aromatic nitrogens is 1. The molecule has 0 bridgehead atoms. The molecule has 0 aliphatic carbocycles. The standard InChI is InChI=1S/C25H25NO6S2/c1-17-4-9-20(10-5-17)33(27,28)25-22(23-16-19(31-3)8-13-24(23)26-25)14-15-32-34(29,30)21-11-6-18(2)7-12-21/h4-13,16,26H,14-15H2,1-3H3. The first kappa shape index (κ1) is 24.0. The molecule has 0 saturated carbocycles. The molecule has 1 aromatic heterocycles. The largest absolute Gasteiger partial charge is 0.497 e. The van der Waals surface area contributed by atoms with Gasteiger partial charge in [0.05, 0.1) is 23.5 Å². The van der Waals surface area contributed by atoms with Gasteiger partial charge in [-0.1, -0.05) is 35.4 Å². The Morgan fingerprint density at radius 1 is 0.794 bits per heavy atom. The minimum Gasteiger partial charge on any atom is -0.497 e. The van der Waals surface area contributed by atoms with Crippen molar-refractivity contribution in [1.29, 1.82) is 0 Å². The summed E-state index contributed by atoms with van der Waals surface area (Å²) >= 11 is 0. The summed E-state index contributed by atoms with van der Waals surface area (Å²) in [7, 11) is -6.36. The molecule has 7 nitrogen and oxygen atoms in total. The van der Waals surface area contributed by atoms with Gasteiger partial charge in [0.1, 0.15) is 10.8 Å². The summed E-state index contributed by atoms with van der Waals surface area (Å²) in [6.45, 7) is 3.51. The molecular weight excluding hydrogens is 474 g/mol. The summed E-state index contributed by atoms with van der Waals surface area (Å²) < 4.78 is 62.7. The SMILES string of the molecule is COc1ccc2[nH]c(S(=O)(=O)c3ccc(C)cc3)c(CCOS(=O)(=O)c3ccc(C)cc3)c2c1. The Labute approximate surface area is 199 Å². The maximum atomic E-state index is 13.5. The Morgan fingerprint density at radius 3 is 1.97 bits per heavy atom. The lowest BCUT2D eigenvalue weighted by Crippen LogP contribution is -2.11. The van der Waals surface area contributed by atoms with Gasteiger partial charge in [-0.3, -0.25) is 4.18 Å². The first-order valence-corrected chi connectivity index (χ1v) is 13.5. The van der Waals surface area contributed by atoms with Gasteiger partial charge in [0.15, 0.2) is 0 Å². The Hall–Kier alpha value is -3.14. The third-order valence-electron chi connectivity index (χ3n) is 5.57. The molecule has 0 radical (unpaired) electrons. The van der Waals surface area contributed by atoms with Gasteiger partial charge >= 0.3 is 0 Å². The van der Waals surface area contributed by atoms with Crippen molar-refractivity contribution in [2.75, 3.05) is 13.7 Å². The van der Waals surface area contributed by atoms with Crippen LogP contribution in [-0.2, 0) is 30.6 Å². The molecule has 1 heterocycles. The molecule has 3 aromatic carbocycles. The van der Waals surface area contributed by atoms with Crippen LogP contribution in [0.4, 0.5) is 0 Å². The Morgan fingerprint density at radius 2 is 1.38 bits per heavy atom. The topological polar surface area (TPSA) is 103 Å². The molecule has 0 atom stereocenters. The fourth-order valence-corrected chi connectivity index (χ4v) is 6.09. The summed E-state index contributed by atoms with van der Waals surface area (Å²) in [6.07, 6.45) is 0.0542. The molecular formula is C25H25NO6S2. The number of aryl methyl sites for hydroxylation is 2. The van der Waals surface area contributed by atoms with Crippen molar-refractivity contribution in [3.8, 4) is 5.75 Å². The van der Waals surface area contributed by atoms with E-state index in [0.717, 1.165) is 11.1 Å². The van der Waals surface area contributed by atoms with Gasteiger partial charge in [-0.05, 0) is 61.9 Å². The lowest BCUT2D eigenvalue weighted by Gasteiger charge is -2.09. The van der Waals surface area contributed by atoms with Gasteiger partial charge in [-0.2, -0.15) is 8.42 Å². The van der Waals surface area contributed by atoms with Crippen molar-refractivity contribution < 1.29 is 25.8 Å². The van der Waals surface area contributed by atoms with Crippen LogP contribution < -0.4 is 4.74 Å². The van der Waals surface area contributed by atoms with E-state index in [1.807, 2.05) is 13.8 Å². The first-order valence-electron chi connectivity index (χ1n) is 10.6. The van der Waals surface area contributed by atoms with Gasteiger partial charge in [0.2, 0.25) is 9.84 Å². The summed E-state index contributed by atoms with van der Waals surface area (Å²) in [5.41, 5.74) is 2.91. The summed E-state index contributed by atoms with van der Waals surface area (Å²) in [6, 6.07) is 18.1. The van der Waals surface area contributed by atoms with E-state index in [1.165, 1.54) is 19.2 Å². The Balaban J connectivity index is 1.71. The van der Waals surface area contributed by atoms with Gasteiger partial charge < -0.3 is 9.72 Å². The maximum absolute atomic E-state index is 13.5. The third kappa shape index (κ3) is 4.72. The van der Waals surface area contributed by atoms with E-state index in [-0.39, 0.29) is 27.8 Å². The predicted octanol–water partition coefficient (Wildman–Crippen LogP) is 4.57. The van der Waals surface area contributed by atoms with E-state index in [1.54, 1.807) is 54.6 Å². The van der Waals surface area contributed by atoms with Crippen LogP contribution in [0, 0.1) is 13.8 Å². The molecule has 9 heteroatoms. The van der Waals surface area contributed by atoms with Crippen LogP contribution in [0.15, 0.2) is 81.5 Å². The molecule has 178 valence electrons. The number of methoxy groups -OCH3 is 1. The fourth-order valence-electron chi connectivity index (χ4n) is 3.67. The molecule has 0 saturated heterocycles. The van der Waals surface area contributed by atoms with Crippen molar-refractivity contribution in [3.05, 3.63) is 83.4 Å². The number of H-pyrrole nitrogens is 1. The van der Waals surface area contributed by atoms with Crippen LogP contribution in [0.1, 0.15) is 16.7 Å². The minimum absolute atomic E-state index is 0.0101. The lowest BCUT2D eigenvalue weighted by molar-refractivity contribution is 0.321. The smallest absolute Gasteiger partial charge is 0.296 e. The highest BCUT2D eigenvalue weighted by Gasteiger charge is 2.26. The number of ether oxygens (including phenoxy) is 1. The normalized spacial score (nSPS) is 12.2. The lowest BCUT2D eigenvalue weighted by atomic mass is 10.1. The number of hydrogen-bond acceptors (Lipinski definition) is 6. The van der Waals surface area contributed by atoms with Crippen LogP contribution in [-0.4, -0.2) is 35.5 Å². The zero-order valence-corrected chi connectivity index (χ0v) is 20.7. The number of benzene rings is 3. The predicted molar refractivity (Wildman–Crippen MR) is 130 cm³/mol. The number of sulfone groups is 1. The average Bonchev–Trinajstić information content (AvgIpc) is 3.18. The second-order valence-electron chi connectivity index (χ2n) is 8.00. The van der Waals surface area contributed by atoms with Gasteiger partial charge in [-0.15, -0.1) is 0 Å². The highest BCUT2D eigenvalue weighted by Crippen LogP contribution is 2.33. The number of aromatic amines is 1. The van der Waals surface area contributed by atoms with Crippen LogP contribution in [0.2, 0.25) is 0 Å². The molecule has 0 unspecified atom stereocenters. The van der Waals surface area contributed by atoms with Gasteiger partial charge in [0, 0.05) is 17.3 Å². The van der Waals surface area contributed by atoms with Crippen molar-refractivity contribution in [2.45, 2.75) is 35.1 Å². The number of hydrogen-bond donors (Lipinski definition) is 1. The van der Waals surface area contributed by atoms with Crippen LogP contribution in [0.25, 0.3) is 10.9 Å². The zero-order valence-electron chi connectivity index (χ0n) is 19.0. The van der Waals surface area contributed by atoms with Crippen LogP contribution >= 0.6 is 0 Å². The molecule has 0 amide bonds. The number of rotatable bonds is 8. The fraction of sp³-hybridized carbons (Fsp3) is 0.200. The van der Waals surface area contributed by atoms with Crippen LogP contribution in [0.3, 0.4) is 0 Å². The maximum Gasteiger partial charge on any atom is 0.296 e. The minimum atomic E-state index is -3.99. The molecule has 34 heavy (non-hydrogen) atoms. The molecule has 0 fully saturated rings. The van der Waals surface area contributed by atoms with E-state index in [2.05, 4.69) is 4.98 Å². The highest BCUT2D eigenvalue weighted by atomic mass is 32.2. The molecule has 0 spiro atoms. The summed E-state index contributed by atoms with van der Waals surface area (Å²) in [4.78, 5) is 3.20. The summed E-state index contributed by atoms with van der Waals surface area (Å²) in [5, 5.41) is 0.636. The third-order valence-corrected chi connectivity index (χ3v) is 8.68. The second kappa shape index (κ2) is 9.25. The summed E-state index contributed by atoms with van der Waals surface area (Å²) in [5.74, 6) is 0.556. The Bertz CT molecular complexity index is 1540. The van der Waals surface area contributed by atoms with Crippen molar-refractivity contribution in [1.82, 2.24) is 4.98 Å². The quantitative estimate of drug-likeness (QED) is 0.356. The Kier molecular flexibility index (Phi) is 6.53. The van der Waals surface area contributed by atoms with Crippen molar-refractivity contribution >= 4 is 30.9 Å². The van der Waals surface area contributed by atoms with E-state index in [9.17, 15) is 16.8 Å². The van der Waals surface area contributed by atoms with E-state index in [4.69, 9.17) is 8.92 Å². The molecule has 4 rings (SSSR count). The highest BCUT2D eigenvalue weighted by molar-refractivity contribution is 7.91. The second-order valence-corrected chi connectivity index (χ2v) is 11.5. The zero-order chi connectivity index (χ0) is 24.5. The number of nitrogens with one attached hydrogen (secondary N) is 1. The van der Waals surface area contributed by atoms with E-state index < -0.39 is 20.0 Å². The van der Waals surface area contributed by atoms with Crippen LogP contribution in [0.5, 0.6) is 5.75 Å². The van der Waals surface area contributed by atoms with Crippen molar-refractivity contribution in [3.63, 3.8) is 0 Å². The molecule has 0 aliphatic heterocycles. The monoisotopic (exact) mass is 499 g/mol. The number of fused-ring (bicyclic) bond motifs is 1.